The van der Waals surface area contributed by atoms with E-state index in [4.69, 9.17) is 0 Å². The SMILES string of the molecule is CSc1nccc(-n2ncc3c(N4CCC(S(C)(=O)=O)CC4)cccc32)n1. The van der Waals surface area contributed by atoms with Crippen molar-refractivity contribution in [1.82, 2.24) is 19.7 Å². The quantitative estimate of drug-likeness (QED) is 0.489. The Bertz CT molecular complexity index is 1070. The number of hydrogen-bond acceptors (Lipinski definition) is 7. The molecule has 0 saturated carbocycles. The second-order valence-corrected chi connectivity index (χ2v) is 9.78. The monoisotopic (exact) mass is 403 g/mol. The molecular weight excluding hydrogens is 382 g/mol. The maximum absolute atomic E-state index is 11.8. The molecule has 7 nitrogen and oxygen atoms in total. The van der Waals surface area contributed by atoms with Crippen molar-refractivity contribution in [3.8, 4) is 5.82 Å². The molecule has 1 aliphatic rings. The minimum Gasteiger partial charge on any atom is -0.371 e. The van der Waals surface area contributed by atoms with Gasteiger partial charge in [-0.1, -0.05) is 17.8 Å². The van der Waals surface area contributed by atoms with E-state index in [0.29, 0.717) is 18.0 Å². The van der Waals surface area contributed by atoms with Crippen molar-refractivity contribution in [2.75, 3.05) is 30.5 Å². The van der Waals surface area contributed by atoms with E-state index >= 15 is 0 Å². The number of nitrogens with zero attached hydrogens (tertiary/aromatic N) is 5. The van der Waals surface area contributed by atoms with E-state index in [0.717, 1.165) is 35.5 Å². The van der Waals surface area contributed by atoms with E-state index in [1.807, 2.05) is 35.3 Å². The maximum Gasteiger partial charge on any atom is 0.189 e. The molecule has 0 aliphatic carbocycles. The van der Waals surface area contributed by atoms with E-state index in [1.165, 1.54) is 18.0 Å². The van der Waals surface area contributed by atoms with Gasteiger partial charge < -0.3 is 4.90 Å². The van der Waals surface area contributed by atoms with Gasteiger partial charge in [0.05, 0.1) is 17.0 Å². The normalized spacial score (nSPS) is 16.1. The molecule has 0 atom stereocenters. The molecular formula is C18H21N5O2S2. The minimum atomic E-state index is -2.97. The molecule has 27 heavy (non-hydrogen) atoms. The van der Waals surface area contributed by atoms with Crippen molar-refractivity contribution in [3.63, 3.8) is 0 Å². The third-order valence-electron chi connectivity index (χ3n) is 5.00. The molecule has 4 rings (SSSR count). The zero-order valence-electron chi connectivity index (χ0n) is 15.2. The van der Waals surface area contributed by atoms with Gasteiger partial charge in [-0.05, 0) is 31.2 Å². The van der Waals surface area contributed by atoms with Gasteiger partial charge in [0.2, 0.25) is 0 Å². The van der Waals surface area contributed by atoms with Gasteiger partial charge in [0.1, 0.15) is 9.84 Å². The van der Waals surface area contributed by atoms with Crippen LogP contribution >= 0.6 is 11.8 Å². The number of piperidine rings is 1. The lowest BCUT2D eigenvalue weighted by Crippen LogP contribution is -2.39. The van der Waals surface area contributed by atoms with Crippen molar-refractivity contribution >= 4 is 38.2 Å². The molecule has 1 fully saturated rings. The first-order valence-corrected chi connectivity index (χ1v) is 11.9. The van der Waals surface area contributed by atoms with Crippen LogP contribution in [0.25, 0.3) is 16.7 Å². The van der Waals surface area contributed by atoms with E-state index < -0.39 is 9.84 Å². The molecule has 0 amide bonds. The van der Waals surface area contributed by atoms with Crippen molar-refractivity contribution in [3.05, 3.63) is 36.7 Å². The van der Waals surface area contributed by atoms with Gasteiger partial charge in [0.15, 0.2) is 11.0 Å². The van der Waals surface area contributed by atoms with Crippen LogP contribution < -0.4 is 4.90 Å². The number of benzene rings is 1. The fourth-order valence-electron chi connectivity index (χ4n) is 3.57. The summed E-state index contributed by atoms with van der Waals surface area (Å²) < 4.78 is 25.4. The Morgan fingerprint density at radius 2 is 1.96 bits per heavy atom. The summed E-state index contributed by atoms with van der Waals surface area (Å²) in [5, 5.41) is 6.06. The Balaban J connectivity index is 1.67. The number of thioether (sulfide) groups is 1. The third-order valence-corrected chi connectivity index (χ3v) is 7.24. The summed E-state index contributed by atoms with van der Waals surface area (Å²) in [4.78, 5) is 11.0. The molecule has 3 heterocycles. The van der Waals surface area contributed by atoms with E-state index in [9.17, 15) is 8.42 Å². The summed E-state index contributed by atoms with van der Waals surface area (Å²) in [7, 11) is -2.97. The highest BCUT2D eigenvalue weighted by Gasteiger charge is 2.27. The van der Waals surface area contributed by atoms with Crippen LogP contribution in [-0.2, 0) is 9.84 Å². The van der Waals surface area contributed by atoms with Crippen LogP contribution in [0.2, 0.25) is 0 Å². The highest BCUT2D eigenvalue weighted by Crippen LogP contribution is 2.31. The van der Waals surface area contributed by atoms with Crippen LogP contribution in [0.5, 0.6) is 0 Å². The molecule has 1 aliphatic heterocycles. The summed E-state index contributed by atoms with van der Waals surface area (Å²) in [5.74, 6) is 0.734. The van der Waals surface area contributed by atoms with Crippen molar-refractivity contribution in [2.45, 2.75) is 23.2 Å². The smallest absolute Gasteiger partial charge is 0.189 e. The molecule has 0 radical (unpaired) electrons. The summed E-state index contributed by atoms with van der Waals surface area (Å²) in [6.45, 7) is 1.46. The van der Waals surface area contributed by atoms with Crippen LogP contribution in [0.1, 0.15) is 12.8 Å². The molecule has 9 heteroatoms. The molecule has 0 bridgehead atoms. The molecule has 142 valence electrons. The number of hydrogen-bond donors (Lipinski definition) is 0. The van der Waals surface area contributed by atoms with E-state index in [2.05, 4.69) is 26.0 Å². The Morgan fingerprint density at radius 1 is 1.19 bits per heavy atom. The maximum atomic E-state index is 11.8. The highest BCUT2D eigenvalue weighted by atomic mass is 32.2. The number of fused-ring (bicyclic) bond motifs is 1. The molecule has 3 aromatic rings. The first-order valence-electron chi connectivity index (χ1n) is 8.75. The van der Waals surface area contributed by atoms with Gasteiger partial charge in [-0.3, -0.25) is 0 Å². The summed E-state index contributed by atoms with van der Waals surface area (Å²) in [6.07, 6.45) is 8.19. The average molecular weight is 404 g/mol. The molecule has 0 unspecified atom stereocenters. The third kappa shape index (κ3) is 3.53. The Morgan fingerprint density at radius 3 is 2.67 bits per heavy atom. The van der Waals surface area contributed by atoms with Crippen molar-refractivity contribution < 1.29 is 8.42 Å². The van der Waals surface area contributed by atoms with E-state index in [-0.39, 0.29) is 5.25 Å². The van der Waals surface area contributed by atoms with Crippen LogP contribution in [0.3, 0.4) is 0 Å². The van der Waals surface area contributed by atoms with Gasteiger partial charge >= 0.3 is 0 Å². The zero-order valence-corrected chi connectivity index (χ0v) is 16.9. The predicted molar refractivity (Wildman–Crippen MR) is 109 cm³/mol. The first kappa shape index (κ1) is 18.2. The highest BCUT2D eigenvalue weighted by molar-refractivity contribution is 7.98. The van der Waals surface area contributed by atoms with Gasteiger partial charge in [-0.25, -0.2) is 23.1 Å². The number of anilines is 1. The zero-order chi connectivity index (χ0) is 19.0. The number of sulfone groups is 1. The second-order valence-electron chi connectivity index (χ2n) is 6.68. The Hall–Kier alpha value is -2.13. The van der Waals surface area contributed by atoms with Crippen LogP contribution in [0.4, 0.5) is 5.69 Å². The molecule has 1 saturated heterocycles. The van der Waals surface area contributed by atoms with Crippen molar-refractivity contribution in [1.29, 1.82) is 0 Å². The standard InChI is InChI=1S/C18H21N5O2S2/c1-26-18-19-9-6-17(21-18)23-16-5-3-4-15(14(16)12-20-23)22-10-7-13(8-11-22)27(2,24)25/h3-6,9,12-13H,7-8,10-11H2,1-2H3. The lowest BCUT2D eigenvalue weighted by molar-refractivity contribution is 0.535. The Labute approximate surface area is 162 Å². The fraction of sp³-hybridized carbons (Fsp3) is 0.389. The Kier molecular flexibility index (Phi) is 4.81. The molecule has 1 aromatic carbocycles. The van der Waals surface area contributed by atoms with Gasteiger partial charge in [-0.15, -0.1) is 0 Å². The molecule has 0 N–H and O–H groups in total. The van der Waals surface area contributed by atoms with Gasteiger partial charge in [-0.2, -0.15) is 5.10 Å². The molecule has 2 aromatic heterocycles. The molecule has 0 spiro atoms. The number of aromatic nitrogens is 4. The topological polar surface area (TPSA) is 81.0 Å². The van der Waals surface area contributed by atoms with Gasteiger partial charge in [0.25, 0.3) is 0 Å². The van der Waals surface area contributed by atoms with E-state index in [1.54, 1.807) is 6.20 Å². The number of rotatable bonds is 4. The second kappa shape index (κ2) is 7.12. The van der Waals surface area contributed by atoms with Crippen LogP contribution in [0.15, 0.2) is 41.8 Å². The fourth-order valence-corrected chi connectivity index (χ4v) is 4.99. The summed E-state index contributed by atoms with van der Waals surface area (Å²) in [6, 6.07) is 7.95. The predicted octanol–water partition coefficient (Wildman–Crippen LogP) is 2.55. The van der Waals surface area contributed by atoms with Gasteiger partial charge in [0, 0.05) is 42.7 Å². The summed E-state index contributed by atoms with van der Waals surface area (Å²) in [5.41, 5.74) is 2.06. The van der Waals surface area contributed by atoms with Crippen LogP contribution in [-0.4, -0.2) is 59.0 Å². The largest absolute Gasteiger partial charge is 0.371 e. The average Bonchev–Trinajstić information content (AvgIpc) is 3.12. The lowest BCUT2D eigenvalue weighted by Gasteiger charge is -2.33. The lowest BCUT2D eigenvalue weighted by atomic mass is 10.1. The summed E-state index contributed by atoms with van der Waals surface area (Å²) >= 11 is 1.49. The minimum absolute atomic E-state index is 0.235. The van der Waals surface area contributed by atoms with Crippen molar-refractivity contribution in [2.24, 2.45) is 0 Å². The van der Waals surface area contributed by atoms with Crippen LogP contribution in [0, 0.1) is 0 Å². The first-order chi connectivity index (χ1) is 13.0.